The Morgan fingerprint density at radius 2 is 1.86 bits per heavy atom. The van der Waals surface area contributed by atoms with Crippen LogP contribution in [0.15, 0.2) is 47.5 Å². The number of nitrogens with two attached hydrogens (primary N) is 2. The Balaban J connectivity index is 2.00. The summed E-state index contributed by atoms with van der Waals surface area (Å²) in [7, 11) is 0. The highest BCUT2D eigenvalue weighted by molar-refractivity contribution is 5.92. The number of fused-ring (bicyclic) bond motifs is 1. The number of benzene rings is 2. The van der Waals surface area contributed by atoms with Crippen molar-refractivity contribution in [1.82, 2.24) is 9.97 Å². The van der Waals surface area contributed by atoms with Crippen LogP contribution in [-0.4, -0.2) is 16.2 Å². The van der Waals surface area contributed by atoms with Crippen LogP contribution in [0.3, 0.4) is 0 Å². The molecular formula is C16H15N5. The quantitative estimate of drug-likeness (QED) is 0.705. The summed E-state index contributed by atoms with van der Waals surface area (Å²) in [5, 5.41) is 0.753. The van der Waals surface area contributed by atoms with Gasteiger partial charge in [0.15, 0.2) is 0 Å². The number of anilines is 2. The van der Waals surface area contributed by atoms with Crippen LogP contribution in [0.2, 0.25) is 0 Å². The van der Waals surface area contributed by atoms with Crippen molar-refractivity contribution in [3.05, 3.63) is 53.6 Å². The second kappa shape index (κ2) is 5.20. The highest BCUT2D eigenvalue weighted by atomic mass is 15.0. The molecule has 0 aliphatic rings. The van der Waals surface area contributed by atoms with E-state index in [-0.39, 0.29) is 5.95 Å². The molecule has 2 aromatic carbocycles. The van der Waals surface area contributed by atoms with Gasteiger partial charge in [0, 0.05) is 11.6 Å². The highest BCUT2D eigenvalue weighted by Crippen LogP contribution is 2.24. The van der Waals surface area contributed by atoms with Gasteiger partial charge in [-0.15, -0.1) is 0 Å². The van der Waals surface area contributed by atoms with E-state index in [4.69, 9.17) is 11.5 Å². The fourth-order valence-corrected chi connectivity index (χ4v) is 2.11. The molecule has 0 saturated heterocycles. The molecule has 21 heavy (non-hydrogen) atoms. The fraction of sp³-hybridized carbons (Fsp3) is 0.0625. The minimum absolute atomic E-state index is 0.177. The maximum Gasteiger partial charge on any atom is 0.222 e. The lowest BCUT2D eigenvalue weighted by molar-refractivity contribution is 1.24. The van der Waals surface area contributed by atoms with Gasteiger partial charge in [-0.3, -0.25) is 4.99 Å². The van der Waals surface area contributed by atoms with Crippen LogP contribution in [-0.2, 0) is 0 Å². The summed E-state index contributed by atoms with van der Waals surface area (Å²) in [6.07, 6.45) is 1.84. The molecule has 0 radical (unpaired) electrons. The lowest BCUT2D eigenvalue weighted by atomic mass is 10.1. The second-order valence-electron chi connectivity index (χ2n) is 4.78. The van der Waals surface area contributed by atoms with Crippen molar-refractivity contribution in [2.24, 2.45) is 4.99 Å². The zero-order valence-electron chi connectivity index (χ0n) is 11.6. The number of aryl methyl sites for hydroxylation is 1. The van der Waals surface area contributed by atoms with E-state index < -0.39 is 0 Å². The Morgan fingerprint density at radius 1 is 1.05 bits per heavy atom. The van der Waals surface area contributed by atoms with E-state index in [0.717, 1.165) is 22.2 Å². The van der Waals surface area contributed by atoms with Gasteiger partial charge >= 0.3 is 0 Å². The third-order valence-electron chi connectivity index (χ3n) is 3.27. The second-order valence-corrected chi connectivity index (χ2v) is 4.78. The molecule has 0 amide bonds. The molecule has 0 unspecified atom stereocenters. The first-order chi connectivity index (χ1) is 10.1. The van der Waals surface area contributed by atoms with E-state index >= 15 is 0 Å². The average molecular weight is 277 g/mol. The van der Waals surface area contributed by atoms with Crippen LogP contribution in [0, 0.1) is 6.92 Å². The maximum absolute atomic E-state index is 5.87. The van der Waals surface area contributed by atoms with Crippen molar-refractivity contribution in [2.75, 3.05) is 11.5 Å². The van der Waals surface area contributed by atoms with Crippen molar-refractivity contribution < 1.29 is 0 Å². The molecule has 3 rings (SSSR count). The topological polar surface area (TPSA) is 90.2 Å². The van der Waals surface area contributed by atoms with Crippen molar-refractivity contribution >= 4 is 34.6 Å². The standard InChI is InChI=1S/C16H15N5/c1-10-4-2-3-5-11(10)9-19-12-6-7-14-13(8-12)15(17)21-16(18)20-14/h2-9H,1H3,(H4,17,18,20,21). The van der Waals surface area contributed by atoms with Crippen LogP contribution in [0.4, 0.5) is 17.5 Å². The zero-order valence-corrected chi connectivity index (χ0v) is 11.6. The molecule has 0 saturated carbocycles. The third-order valence-corrected chi connectivity index (χ3v) is 3.27. The summed E-state index contributed by atoms with van der Waals surface area (Å²) in [6, 6.07) is 13.7. The molecule has 0 spiro atoms. The number of nitrogens with zero attached hydrogens (tertiary/aromatic N) is 3. The van der Waals surface area contributed by atoms with Gasteiger partial charge in [-0.25, -0.2) is 4.98 Å². The number of rotatable bonds is 2. The third kappa shape index (κ3) is 2.67. The van der Waals surface area contributed by atoms with Crippen molar-refractivity contribution in [3.8, 4) is 0 Å². The van der Waals surface area contributed by atoms with Gasteiger partial charge < -0.3 is 11.5 Å². The van der Waals surface area contributed by atoms with E-state index in [1.165, 1.54) is 5.56 Å². The first-order valence-electron chi connectivity index (χ1n) is 6.56. The molecule has 104 valence electrons. The van der Waals surface area contributed by atoms with E-state index in [2.05, 4.69) is 28.0 Å². The van der Waals surface area contributed by atoms with Crippen molar-refractivity contribution in [3.63, 3.8) is 0 Å². The molecule has 5 heteroatoms. The van der Waals surface area contributed by atoms with Crippen LogP contribution in [0.1, 0.15) is 11.1 Å². The minimum atomic E-state index is 0.177. The summed E-state index contributed by atoms with van der Waals surface area (Å²) in [5.41, 5.74) is 15.2. The van der Waals surface area contributed by atoms with Gasteiger partial charge in [-0.05, 0) is 36.2 Å². The summed E-state index contributed by atoms with van der Waals surface area (Å²) < 4.78 is 0. The van der Waals surface area contributed by atoms with Gasteiger partial charge in [0.25, 0.3) is 0 Å². The smallest absolute Gasteiger partial charge is 0.222 e. The summed E-state index contributed by atoms with van der Waals surface area (Å²) in [6.45, 7) is 2.05. The van der Waals surface area contributed by atoms with Gasteiger partial charge in [0.05, 0.1) is 11.2 Å². The number of hydrogen-bond donors (Lipinski definition) is 2. The minimum Gasteiger partial charge on any atom is -0.383 e. The summed E-state index contributed by atoms with van der Waals surface area (Å²) >= 11 is 0. The number of aliphatic imine (C=N–C) groups is 1. The molecular weight excluding hydrogens is 262 g/mol. The Hall–Kier alpha value is -2.95. The lowest BCUT2D eigenvalue weighted by Crippen LogP contribution is -2.00. The molecule has 1 aromatic heterocycles. The maximum atomic E-state index is 5.87. The van der Waals surface area contributed by atoms with Crippen LogP contribution in [0.5, 0.6) is 0 Å². The van der Waals surface area contributed by atoms with E-state index in [0.29, 0.717) is 5.82 Å². The number of hydrogen-bond acceptors (Lipinski definition) is 5. The SMILES string of the molecule is Cc1ccccc1C=Nc1ccc2nc(N)nc(N)c2c1. The van der Waals surface area contributed by atoms with Crippen LogP contribution in [0.25, 0.3) is 10.9 Å². The fourth-order valence-electron chi connectivity index (χ4n) is 2.11. The Kier molecular flexibility index (Phi) is 3.23. The van der Waals surface area contributed by atoms with Gasteiger partial charge in [0.1, 0.15) is 5.82 Å². The first-order valence-corrected chi connectivity index (χ1v) is 6.56. The average Bonchev–Trinajstić information content (AvgIpc) is 2.46. The summed E-state index contributed by atoms with van der Waals surface area (Å²) in [4.78, 5) is 12.6. The molecule has 0 aliphatic heterocycles. The molecule has 3 aromatic rings. The van der Waals surface area contributed by atoms with Gasteiger partial charge in [0.2, 0.25) is 5.95 Å². The van der Waals surface area contributed by atoms with Crippen LogP contribution < -0.4 is 11.5 Å². The molecule has 0 fully saturated rings. The first kappa shape index (κ1) is 13.1. The molecule has 0 bridgehead atoms. The monoisotopic (exact) mass is 277 g/mol. The number of nitrogen functional groups attached to an aromatic ring is 2. The molecule has 0 aliphatic carbocycles. The van der Waals surface area contributed by atoms with Crippen molar-refractivity contribution in [2.45, 2.75) is 6.92 Å². The molecule has 4 N–H and O–H groups in total. The normalized spacial score (nSPS) is 11.3. The van der Waals surface area contributed by atoms with E-state index in [1.54, 1.807) is 0 Å². The summed E-state index contributed by atoms with van der Waals surface area (Å²) in [5.74, 6) is 0.543. The lowest BCUT2D eigenvalue weighted by Gasteiger charge is -2.03. The predicted octanol–water partition coefficient (Wildman–Crippen LogP) is 2.85. The molecule has 5 nitrogen and oxygen atoms in total. The predicted molar refractivity (Wildman–Crippen MR) is 86.8 cm³/mol. The Morgan fingerprint density at radius 3 is 2.67 bits per heavy atom. The molecule has 1 heterocycles. The van der Waals surface area contributed by atoms with Crippen molar-refractivity contribution in [1.29, 1.82) is 0 Å². The van der Waals surface area contributed by atoms with E-state index in [9.17, 15) is 0 Å². The zero-order chi connectivity index (χ0) is 14.8. The number of aromatic nitrogens is 2. The van der Waals surface area contributed by atoms with Gasteiger partial charge in [-0.2, -0.15) is 4.98 Å². The van der Waals surface area contributed by atoms with E-state index in [1.807, 2.05) is 42.6 Å². The molecule has 0 atom stereocenters. The Labute approximate surface area is 122 Å². The highest BCUT2D eigenvalue weighted by Gasteiger charge is 2.03. The largest absolute Gasteiger partial charge is 0.383 e. The van der Waals surface area contributed by atoms with Crippen LogP contribution >= 0.6 is 0 Å². The Bertz CT molecular complexity index is 839. The van der Waals surface area contributed by atoms with Gasteiger partial charge in [-0.1, -0.05) is 24.3 Å².